The molecule has 0 spiro atoms. The standard InChI is InChI=1S/C15H14Br2N2S/c1-8-5-11(16)6-9(2)14(8)19-13-4-3-10(15(18)20)7-12(13)17/h3-7,19H,1-2H3,(H2,18,20). The Morgan fingerprint density at radius 1 is 1.10 bits per heavy atom. The van der Waals surface area contributed by atoms with Crippen LogP contribution in [0.25, 0.3) is 0 Å². The highest BCUT2D eigenvalue weighted by Crippen LogP contribution is 2.32. The summed E-state index contributed by atoms with van der Waals surface area (Å²) >= 11 is 12.0. The van der Waals surface area contributed by atoms with Crippen LogP contribution in [0.1, 0.15) is 16.7 Å². The number of nitrogens with one attached hydrogen (secondary N) is 1. The molecule has 2 aromatic carbocycles. The van der Waals surface area contributed by atoms with Gasteiger partial charge < -0.3 is 11.1 Å². The monoisotopic (exact) mass is 412 g/mol. The van der Waals surface area contributed by atoms with E-state index < -0.39 is 0 Å². The van der Waals surface area contributed by atoms with Crippen molar-refractivity contribution in [3.8, 4) is 0 Å². The Labute approximate surface area is 141 Å². The molecule has 3 N–H and O–H groups in total. The van der Waals surface area contributed by atoms with Gasteiger partial charge in [-0.15, -0.1) is 0 Å². The molecule has 104 valence electrons. The van der Waals surface area contributed by atoms with E-state index in [1.54, 1.807) is 0 Å². The minimum atomic E-state index is 0.397. The van der Waals surface area contributed by atoms with Gasteiger partial charge in [-0.3, -0.25) is 0 Å². The van der Waals surface area contributed by atoms with Gasteiger partial charge in [-0.1, -0.05) is 28.1 Å². The van der Waals surface area contributed by atoms with Crippen molar-refractivity contribution in [1.82, 2.24) is 0 Å². The molecule has 0 fully saturated rings. The van der Waals surface area contributed by atoms with E-state index >= 15 is 0 Å². The first-order chi connectivity index (χ1) is 9.38. The number of rotatable bonds is 3. The summed E-state index contributed by atoms with van der Waals surface area (Å²) in [6, 6.07) is 9.99. The molecule has 0 amide bonds. The van der Waals surface area contributed by atoms with Crippen molar-refractivity contribution in [1.29, 1.82) is 0 Å². The molecule has 0 saturated carbocycles. The van der Waals surface area contributed by atoms with Gasteiger partial charge in [0.2, 0.25) is 0 Å². The van der Waals surface area contributed by atoms with Crippen molar-refractivity contribution >= 4 is 60.4 Å². The topological polar surface area (TPSA) is 38.0 Å². The maximum Gasteiger partial charge on any atom is 0.104 e. The Bertz CT molecular complexity index is 661. The highest BCUT2D eigenvalue weighted by molar-refractivity contribution is 9.10. The van der Waals surface area contributed by atoms with Crippen molar-refractivity contribution in [3.63, 3.8) is 0 Å². The Balaban J connectivity index is 2.38. The van der Waals surface area contributed by atoms with E-state index in [0.717, 1.165) is 25.9 Å². The van der Waals surface area contributed by atoms with Gasteiger partial charge in [0.25, 0.3) is 0 Å². The summed E-state index contributed by atoms with van der Waals surface area (Å²) in [6.07, 6.45) is 0. The molecule has 0 unspecified atom stereocenters. The molecule has 2 rings (SSSR count). The van der Waals surface area contributed by atoms with Gasteiger partial charge in [0.05, 0.1) is 5.69 Å². The molecule has 0 aliphatic heterocycles. The van der Waals surface area contributed by atoms with Crippen LogP contribution in [0, 0.1) is 13.8 Å². The van der Waals surface area contributed by atoms with E-state index in [2.05, 4.69) is 63.2 Å². The molecule has 0 radical (unpaired) electrons. The number of anilines is 2. The van der Waals surface area contributed by atoms with Gasteiger partial charge in [-0.2, -0.15) is 0 Å². The second-order valence-electron chi connectivity index (χ2n) is 4.60. The summed E-state index contributed by atoms with van der Waals surface area (Å²) in [7, 11) is 0. The fourth-order valence-electron chi connectivity index (χ4n) is 2.01. The Hall–Kier alpha value is -0.910. The summed E-state index contributed by atoms with van der Waals surface area (Å²) in [4.78, 5) is 0.397. The summed E-state index contributed by atoms with van der Waals surface area (Å²) in [5.74, 6) is 0. The SMILES string of the molecule is Cc1cc(Br)cc(C)c1Nc1ccc(C(N)=S)cc1Br. The van der Waals surface area contributed by atoms with Crippen LogP contribution >= 0.6 is 44.1 Å². The van der Waals surface area contributed by atoms with Crippen molar-refractivity contribution in [2.24, 2.45) is 5.73 Å². The number of aryl methyl sites for hydroxylation is 2. The number of hydrogen-bond donors (Lipinski definition) is 2. The normalized spacial score (nSPS) is 10.4. The molecule has 5 heteroatoms. The van der Waals surface area contributed by atoms with Crippen LogP contribution in [0.3, 0.4) is 0 Å². The molecule has 20 heavy (non-hydrogen) atoms. The second kappa shape index (κ2) is 6.24. The van der Waals surface area contributed by atoms with E-state index in [0.29, 0.717) is 4.99 Å². The van der Waals surface area contributed by atoms with Crippen LogP contribution in [0.15, 0.2) is 39.3 Å². The predicted octanol–water partition coefficient (Wildman–Crippen LogP) is 5.21. The number of halogens is 2. The molecule has 0 bridgehead atoms. The van der Waals surface area contributed by atoms with E-state index in [4.69, 9.17) is 18.0 Å². The third kappa shape index (κ3) is 3.40. The summed E-state index contributed by atoms with van der Waals surface area (Å²) in [5.41, 5.74) is 10.9. The zero-order chi connectivity index (χ0) is 14.9. The average molecular weight is 414 g/mol. The van der Waals surface area contributed by atoms with E-state index in [-0.39, 0.29) is 0 Å². The molecule has 0 aromatic heterocycles. The smallest absolute Gasteiger partial charge is 0.104 e. The first-order valence-electron chi connectivity index (χ1n) is 6.01. The summed E-state index contributed by atoms with van der Waals surface area (Å²) in [6.45, 7) is 4.16. The van der Waals surface area contributed by atoms with Gasteiger partial charge in [-0.05, 0) is 71.2 Å². The molecule has 2 nitrogen and oxygen atoms in total. The predicted molar refractivity (Wildman–Crippen MR) is 96.9 cm³/mol. The first-order valence-corrected chi connectivity index (χ1v) is 8.01. The molecule has 0 aliphatic carbocycles. The molecule has 0 aliphatic rings. The minimum absolute atomic E-state index is 0.397. The Kier molecular flexibility index (Phi) is 4.83. The fourth-order valence-corrected chi connectivity index (χ4v) is 3.30. The highest BCUT2D eigenvalue weighted by Gasteiger charge is 2.08. The largest absolute Gasteiger partial charge is 0.389 e. The molecule has 0 atom stereocenters. The van der Waals surface area contributed by atoms with Gasteiger partial charge in [0.1, 0.15) is 4.99 Å². The van der Waals surface area contributed by atoms with Crippen LogP contribution in [0.5, 0.6) is 0 Å². The minimum Gasteiger partial charge on any atom is -0.389 e. The first kappa shape index (κ1) is 15.5. The second-order valence-corrected chi connectivity index (χ2v) is 6.81. The van der Waals surface area contributed by atoms with Gasteiger partial charge in [-0.25, -0.2) is 0 Å². The van der Waals surface area contributed by atoms with E-state index in [1.165, 1.54) is 11.1 Å². The average Bonchev–Trinajstić information content (AvgIpc) is 2.34. The van der Waals surface area contributed by atoms with Gasteiger partial charge >= 0.3 is 0 Å². The van der Waals surface area contributed by atoms with E-state index in [9.17, 15) is 0 Å². The molecule has 0 saturated heterocycles. The van der Waals surface area contributed by atoms with Crippen molar-refractivity contribution in [3.05, 3.63) is 56.0 Å². The van der Waals surface area contributed by atoms with Crippen molar-refractivity contribution < 1.29 is 0 Å². The molecule has 2 aromatic rings. The van der Waals surface area contributed by atoms with Gasteiger partial charge in [0.15, 0.2) is 0 Å². The summed E-state index contributed by atoms with van der Waals surface area (Å²) < 4.78 is 2.02. The lowest BCUT2D eigenvalue weighted by molar-refractivity contribution is 1.34. The van der Waals surface area contributed by atoms with E-state index in [1.807, 2.05) is 18.2 Å². The van der Waals surface area contributed by atoms with Gasteiger partial charge in [0, 0.05) is 20.2 Å². The lowest BCUT2D eigenvalue weighted by Gasteiger charge is -2.15. The van der Waals surface area contributed by atoms with Crippen LogP contribution in [0.4, 0.5) is 11.4 Å². The highest BCUT2D eigenvalue weighted by atomic mass is 79.9. The number of hydrogen-bond acceptors (Lipinski definition) is 2. The number of nitrogens with two attached hydrogens (primary N) is 1. The van der Waals surface area contributed by atoms with Crippen molar-refractivity contribution in [2.75, 3.05) is 5.32 Å². The lowest BCUT2D eigenvalue weighted by atomic mass is 10.1. The maximum atomic E-state index is 5.64. The quantitative estimate of drug-likeness (QED) is 0.678. The van der Waals surface area contributed by atoms with Crippen LogP contribution in [-0.2, 0) is 0 Å². The summed E-state index contributed by atoms with van der Waals surface area (Å²) in [5, 5.41) is 3.45. The fraction of sp³-hybridized carbons (Fsp3) is 0.133. The van der Waals surface area contributed by atoms with Crippen LogP contribution in [-0.4, -0.2) is 4.99 Å². The van der Waals surface area contributed by atoms with Crippen LogP contribution in [0.2, 0.25) is 0 Å². The third-order valence-corrected chi connectivity index (χ3v) is 4.36. The maximum absolute atomic E-state index is 5.64. The zero-order valence-electron chi connectivity index (χ0n) is 11.1. The molecule has 0 heterocycles. The lowest BCUT2D eigenvalue weighted by Crippen LogP contribution is -2.09. The number of benzene rings is 2. The third-order valence-electron chi connectivity index (χ3n) is 3.01. The number of thiocarbonyl (C=S) groups is 1. The van der Waals surface area contributed by atoms with Crippen molar-refractivity contribution in [2.45, 2.75) is 13.8 Å². The zero-order valence-corrected chi connectivity index (χ0v) is 15.1. The Morgan fingerprint density at radius 2 is 1.70 bits per heavy atom. The Morgan fingerprint density at radius 3 is 2.20 bits per heavy atom. The molecular weight excluding hydrogens is 400 g/mol. The molecular formula is C15H14Br2N2S. The van der Waals surface area contributed by atoms with Crippen LogP contribution < -0.4 is 11.1 Å².